The number of para-hydroxylation sites is 2. The summed E-state index contributed by atoms with van der Waals surface area (Å²) in [4.78, 5) is 2.32. The molecule has 0 aliphatic heterocycles. The van der Waals surface area contributed by atoms with Crippen molar-refractivity contribution in [2.24, 2.45) is 0 Å². The minimum Gasteiger partial charge on any atom is -0.456 e. The zero-order valence-corrected chi connectivity index (χ0v) is 27.7. The lowest BCUT2D eigenvalue weighted by Gasteiger charge is -2.27. The van der Waals surface area contributed by atoms with E-state index in [9.17, 15) is 0 Å². The van der Waals surface area contributed by atoms with Gasteiger partial charge in [0, 0.05) is 33.3 Å². The van der Waals surface area contributed by atoms with Gasteiger partial charge in [0.15, 0.2) is 5.58 Å². The summed E-state index contributed by atoms with van der Waals surface area (Å²) in [5.41, 5.74) is 13.2. The molecule has 0 saturated carbocycles. The van der Waals surface area contributed by atoms with Gasteiger partial charge in [0.2, 0.25) is 0 Å². The van der Waals surface area contributed by atoms with Crippen LogP contribution in [0.5, 0.6) is 0 Å². The highest BCUT2D eigenvalue weighted by Crippen LogP contribution is 2.47. The summed E-state index contributed by atoms with van der Waals surface area (Å²) in [5.74, 6) is 0. The van der Waals surface area contributed by atoms with Crippen LogP contribution in [-0.4, -0.2) is 0 Å². The normalized spacial score (nSPS) is 11.5. The number of rotatable bonds is 6. The first-order valence-corrected chi connectivity index (χ1v) is 17.3. The number of nitrogens with zero attached hydrogens (tertiary/aromatic N) is 1. The fraction of sp³-hybridized carbons (Fsp3) is 0. The van der Waals surface area contributed by atoms with Gasteiger partial charge in [0.1, 0.15) is 16.7 Å². The Morgan fingerprint density at radius 1 is 0.333 bits per heavy atom. The monoisotopic (exact) mass is 653 g/mol. The van der Waals surface area contributed by atoms with Gasteiger partial charge in [0.05, 0.1) is 11.4 Å². The predicted octanol–water partition coefficient (Wildman–Crippen LogP) is 14.0. The molecule has 0 amide bonds. The van der Waals surface area contributed by atoms with Gasteiger partial charge in [0.25, 0.3) is 0 Å². The average molecular weight is 654 g/mol. The molecular formula is C48H31NO2. The summed E-state index contributed by atoms with van der Waals surface area (Å²) < 4.78 is 13.3. The molecular weight excluding hydrogens is 623 g/mol. The first-order chi connectivity index (χ1) is 25.3. The van der Waals surface area contributed by atoms with Gasteiger partial charge in [-0.15, -0.1) is 0 Å². The van der Waals surface area contributed by atoms with Crippen molar-refractivity contribution in [1.82, 2.24) is 0 Å². The van der Waals surface area contributed by atoms with Crippen LogP contribution in [0.3, 0.4) is 0 Å². The molecule has 0 aliphatic carbocycles. The third kappa shape index (κ3) is 4.98. The maximum atomic E-state index is 6.87. The van der Waals surface area contributed by atoms with Crippen LogP contribution in [0.2, 0.25) is 0 Å². The van der Waals surface area contributed by atoms with E-state index in [1.165, 1.54) is 0 Å². The standard InChI is InChI=1S/C48H31NO2/c1-4-14-32(15-5-1)35-28-36(33-16-6-2-7-17-33)30-38(29-35)49(37-24-25-41-40-20-10-12-22-44(40)50-46(41)31-37)43-27-26-39(34-18-8-3-9-19-34)47-42-21-11-13-23-45(42)51-48(43)47/h1-31H. The molecule has 2 aromatic heterocycles. The summed E-state index contributed by atoms with van der Waals surface area (Å²) >= 11 is 0. The van der Waals surface area contributed by atoms with E-state index in [2.05, 4.69) is 175 Å². The van der Waals surface area contributed by atoms with Crippen LogP contribution in [-0.2, 0) is 0 Å². The van der Waals surface area contributed by atoms with Gasteiger partial charge in [-0.2, -0.15) is 0 Å². The van der Waals surface area contributed by atoms with Crippen molar-refractivity contribution in [3.05, 3.63) is 188 Å². The number of furan rings is 2. The Bertz CT molecular complexity index is 2790. The molecule has 51 heavy (non-hydrogen) atoms. The van der Waals surface area contributed by atoms with Crippen LogP contribution in [0.25, 0.3) is 77.3 Å². The van der Waals surface area contributed by atoms with Crippen LogP contribution in [0.1, 0.15) is 0 Å². The van der Waals surface area contributed by atoms with Gasteiger partial charge in [-0.3, -0.25) is 0 Å². The van der Waals surface area contributed by atoms with Crippen molar-refractivity contribution in [1.29, 1.82) is 0 Å². The van der Waals surface area contributed by atoms with E-state index in [0.717, 1.165) is 94.3 Å². The molecule has 2 heterocycles. The zero-order valence-electron chi connectivity index (χ0n) is 27.7. The highest BCUT2D eigenvalue weighted by atomic mass is 16.3. The molecule has 10 rings (SSSR count). The number of hydrogen-bond donors (Lipinski definition) is 0. The second kappa shape index (κ2) is 11.9. The first-order valence-electron chi connectivity index (χ1n) is 17.3. The average Bonchev–Trinajstić information content (AvgIpc) is 3.78. The van der Waals surface area contributed by atoms with E-state index in [1.807, 2.05) is 18.2 Å². The van der Waals surface area contributed by atoms with Crippen LogP contribution in [0, 0.1) is 0 Å². The molecule has 0 saturated heterocycles. The van der Waals surface area contributed by atoms with Crippen LogP contribution in [0.15, 0.2) is 197 Å². The highest BCUT2D eigenvalue weighted by molar-refractivity contribution is 6.17. The summed E-state index contributed by atoms with van der Waals surface area (Å²) in [5, 5.41) is 4.37. The lowest BCUT2D eigenvalue weighted by atomic mass is 9.96. The molecule has 240 valence electrons. The smallest absolute Gasteiger partial charge is 0.160 e. The molecule has 8 aromatic carbocycles. The van der Waals surface area contributed by atoms with Crippen molar-refractivity contribution >= 4 is 60.9 Å². The van der Waals surface area contributed by atoms with E-state index in [0.29, 0.717) is 0 Å². The summed E-state index contributed by atoms with van der Waals surface area (Å²) in [6, 6.07) is 66.1. The largest absolute Gasteiger partial charge is 0.456 e. The van der Waals surface area contributed by atoms with Crippen molar-refractivity contribution in [3.63, 3.8) is 0 Å². The summed E-state index contributed by atoms with van der Waals surface area (Å²) in [6.07, 6.45) is 0. The number of benzene rings is 8. The molecule has 10 aromatic rings. The topological polar surface area (TPSA) is 29.5 Å². The van der Waals surface area contributed by atoms with Crippen molar-refractivity contribution in [2.45, 2.75) is 0 Å². The molecule has 0 radical (unpaired) electrons. The van der Waals surface area contributed by atoms with E-state index >= 15 is 0 Å². The fourth-order valence-electron chi connectivity index (χ4n) is 7.46. The number of fused-ring (bicyclic) bond motifs is 6. The Balaban J connectivity index is 1.29. The van der Waals surface area contributed by atoms with Crippen molar-refractivity contribution in [2.75, 3.05) is 4.90 Å². The quantitative estimate of drug-likeness (QED) is 0.179. The van der Waals surface area contributed by atoms with Crippen LogP contribution in [0.4, 0.5) is 17.1 Å². The fourth-order valence-corrected chi connectivity index (χ4v) is 7.46. The van der Waals surface area contributed by atoms with Gasteiger partial charge in [-0.1, -0.05) is 133 Å². The predicted molar refractivity (Wildman–Crippen MR) is 212 cm³/mol. The second-order valence-electron chi connectivity index (χ2n) is 12.9. The van der Waals surface area contributed by atoms with Crippen molar-refractivity contribution < 1.29 is 8.83 Å². The number of anilines is 3. The second-order valence-corrected chi connectivity index (χ2v) is 12.9. The Hall–Kier alpha value is -6.84. The van der Waals surface area contributed by atoms with Gasteiger partial charge in [-0.25, -0.2) is 0 Å². The van der Waals surface area contributed by atoms with E-state index in [-0.39, 0.29) is 0 Å². The summed E-state index contributed by atoms with van der Waals surface area (Å²) in [7, 11) is 0. The molecule has 0 unspecified atom stereocenters. The first kappa shape index (κ1) is 29.1. The van der Waals surface area contributed by atoms with Crippen LogP contribution >= 0.6 is 0 Å². The van der Waals surface area contributed by atoms with Gasteiger partial charge < -0.3 is 13.7 Å². The van der Waals surface area contributed by atoms with E-state index < -0.39 is 0 Å². The molecule has 0 bridgehead atoms. The molecule has 0 spiro atoms. The Morgan fingerprint density at radius 2 is 0.882 bits per heavy atom. The molecule has 0 fully saturated rings. The molecule has 3 nitrogen and oxygen atoms in total. The minimum absolute atomic E-state index is 0.827. The molecule has 3 heteroatoms. The zero-order chi connectivity index (χ0) is 33.7. The van der Waals surface area contributed by atoms with Crippen molar-refractivity contribution in [3.8, 4) is 33.4 Å². The Labute approximate surface area is 295 Å². The Kier molecular flexibility index (Phi) is 6.81. The minimum atomic E-state index is 0.827. The maximum Gasteiger partial charge on any atom is 0.160 e. The lowest BCUT2D eigenvalue weighted by Crippen LogP contribution is -2.11. The van der Waals surface area contributed by atoms with E-state index in [1.54, 1.807) is 0 Å². The van der Waals surface area contributed by atoms with E-state index in [4.69, 9.17) is 8.83 Å². The molecule has 0 atom stereocenters. The Morgan fingerprint density at radius 3 is 1.55 bits per heavy atom. The highest BCUT2D eigenvalue weighted by Gasteiger charge is 2.24. The van der Waals surface area contributed by atoms with Crippen LogP contribution < -0.4 is 4.90 Å². The maximum absolute atomic E-state index is 6.87. The number of hydrogen-bond acceptors (Lipinski definition) is 3. The SMILES string of the molecule is c1ccc(-c2cc(-c3ccccc3)cc(N(c3ccc4c(c3)oc3ccccc34)c3ccc(-c4ccccc4)c4c3oc3ccccc34)c2)cc1. The lowest BCUT2D eigenvalue weighted by molar-refractivity contribution is 0.667. The summed E-state index contributed by atoms with van der Waals surface area (Å²) in [6.45, 7) is 0. The molecule has 0 aliphatic rings. The molecule has 0 N–H and O–H groups in total. The third-order valence-electron chi connectivity index (χ3n) is 9.84. The third-order valence-corrected chi connectivity index (χ3v) is 9.84. The van der Waals surface area contributed by atoms with Gasteiger partial charge in [-0.05, 0) is 81.9 Å². The van der Waals surface area contributed by atoms with Gasteiger partial charge >= 0.3 is 0 Å².